The zero-order chi connectivity index (χ0) is 25.2. The SMILES string of the molecule is COCCC(=O)C[C@@H]1[C@H](O[C@H](C(=O)c2ccccc2)c2ccccc2)[C@@H](C)CC(=O)[C@H]1CN=[N+]=[N-]. The van der Waals surface area contributed by atoms with E-state index in [4.69, 9.17) is 15.0 Å². The second-order valence-corrected chi connectivity index (χ2v) is 8.94. The molecule has 1 aliphatic rings. The second kappa shape index (κ2) is 13.0. The van der Waals surface area contributed by atoms with Gasteiger partial charge in [-0.3, -0.25) is 14.4 Å². The second-order valence-electron chi connectivity index (χ2n) is 8.94. The smallest absolute Gasteiger partial charge is 0.196 e. The van der Waals surface area contributed by atoms with Crippen molar-refractivity contribution in [3.63, 3.8) is 0 Å². The molecule has 35 heavy (non-hydrogen) atoms. The van der Waals surface area contributed by atoms with E-state index in [9.17, 15) is 14.4 Å². The van der Waals surface area contributed by atoms with Crippen LogP contribution in [0.5, 0.6) is 0 Å². The molecule has 0 N–H and O–H groups in total. The Kier molecular flexibility index (Phi) is 9.73. The highest BCUT2D eigenvalue weighted by atomic mass is 16.5. The average Bonchev–Trinajstić information content (AvgIpc) is 2.87. The molecule has 0 amide bonds. The molecule has 3 rings (SSSR count). The number of carbonyl (C=O) groups is 3. The zero-order valence-corrected chi connectivity index (χ0v) is 20.1. The van der Waals surface area contributed by atoms with Crippen molar-refractivity contribution < 1.29 is 23.9 Å². The first-order chi connectivity index (χ1) is 17.0. The number of rotatable bonds is 12. The predicted octanol–water partition coefficient (Wildman–Crippen LogP) is 5.14. The maximum absolute atomic E-state index is 13.6. The number of azide groups is 1. The molecule has 1 fully saturated rings. The summed E-state index contributed by atoms with van der Waals surface area (Å²) < 4.78 is 11.6. The van der Waals surface area contributed by atoms with E-state index >= 15 is 0 Å². The summed E-state index contributed by atoms with van der Waals surface area (Å²) in [6.45, 7) is 2.13. The van der Waals surface area contributed by atoms with Gasteiger partial charge in [-0.15, -0.1) is 0 Å². The van der Waals surface area contributed by atoms with Gasteiger partial charge < -0.3 is 9.47 Å². The first-order valence-electron chi connectivity index (χ1n) is 11.8. The Hall–Kier alpha value is -3.32. The van der Waals surface area contributed by atoms with Gasteiger partial charge in [0, 0.05) is 55.2 Å². The van der Waals surface area contributed by atoms with E-state index in [0.29, 0.717) is 11.1 Å². The molecule has 8 heteroatoms. The van der Waals surface area contributed by atoms with E-state index in [1.165, 1.54) is 7.11 Å². The summed E-state index contributed by atoms with van der Waals surface area (Å²) in [6, 6.07) is 18.1. The molecule has 0 bridgehead atoms. The third-order valence-corrected chi connectivity index (χ3v) is 6.52. The van der Waals surface area contributed by atoms with E-state index < -0.39 is 24.0 Å². The van der Waals surface area contributed by atoms with Crippen LogP contribution in [0, 0.1) is 17.8 Å². The van der Waals surface area contributed by atoms with E-state index in [1.54, 1.807) is 24.3 Å². The Balaban J connectivity index is 1.97. The first-order valence-corrected chi connectivity index (χ1v) is 11.8. The van der Waals surface area contributed by atoms with Crippen molar-refractivity contribution in [2.24, 2.45) is 22.9 Å². The average molecular weight is 478 g/mol. The van der Waals surface area contributed by atoms with Gasteiger partial charge in [0.2, 0.25) is 0 Å². The van der Waals surface area contributed by atoms with Crippen molar-refractivity contribution in [1.29, 1.82) is 0 Å². The van der Waals surface area contributed by atoms with Crippen LogP contribution in [0.15, 0.2) is 65.8 Å². The summed E-state index contributed by atoms with van der Waals surface area (Å²) in [5.74, 6) is -1.71. The summed E-state index contributed by atoms with van der Waals surface area (Å²) in [5, 5.41) is 3.65. The van der Waals surface area contributed by atoms with Crippen LogP contribution < -0.4 is 0 Å². The highest BCUT2D eigenvalue weighted by molar-refractivity contribution is 6.00. The van der Waals surface area contributed by atoms with Gasteiger partial charge in [0.05, 0.1) is 12.7 Å². The molecule has 0 unspecified atom stereocenters. The molecular formula is C27H31N3O5. The van der Waals surface area contributed by atoms with Crippen LogP contribution in [0.1, 0.15) is 48.2 Å². The van der Waals surface area contributed by atoms with Crippen LogP contribution in [0.25, 0.3) is 10.4 Å². The van der Waals surface area contributed by atoms with Crippen LogP contribution >= 0.6 is 0 Å². The number of benzene rings is 2. The number of carbonyl (C=O) groups excluding carboxylic acids is 3. The molecule has 2 aromatic carbocycles. The molecule has 0 radical (unpaired) electrons. The number of nitrogens with zero attached hydrogens (tertiary/aromatic N) is 3. The van der Waals surface area contributed by atoms with Crippen molar-refractivity contribution in [2.75, 3.05) is 20.3 Å². The Morgan fingerprint density at radius 3 is 2.40 bits per heavy atom. The molecule has 0 spiro atoms. The maximum Gasteiger partial charge on any atom is 0.196 e. The molecule has 1 aliphatic carbocycles. The number of ether oxygens (including phenoxy) is 2. The third-order valence-electron chi connectivity index (χ3n) is 6.52. The van der Waals surface area contributed by atoms with Gasteiger partial charge in [-0.25, -0.2) is 0 Å². The molecular weight excluding hydrogens is 446 g/mol. The molecule has 8 nitrogen and oxygen atoms in total. The lowest BCUT2D eigenvalue weighted by Crippen LogP contribution is -2.47. The van der Waals surface area contributed by atoms with Crippen molar-refractivity contribution in [3.05, 3.63) is 82.2 Å². The Morgan fingerprint density at radius 1 is 1.11 bits per heavy atom. The molecule has 0 saturated heterocycles. The lowest BCUT2D eigenvalue weighted by Gasteiger charge is -2.41. The molecule has 1 saturated carbocycles. The third kappa shape index (κ3) is 6.85. The summed E-state index contributed by atoms with van der Waals surface area (Å²) in [6.07, 6.45) is -0.954. The van der Waals surface area contributed by atoms with Crippen LogP contribution in [-0.4, -0.2) is 43.7 Å². The standard InChI is InChI=1S/C27H31N3O5/c1-18-15-24(32)23(17-29-30-28)22(16-21(31)13-14-34-2)26(18)35-27(20-11-7-4-8-12-20)25(33)19-9-5-3-6-10-19/h3-12,18,22-23,26-27H,13-17H2,1-2H3/t18-,22-,23-,26+,27-/m0/s1. The molecule has 0 aliphatic heterocycles. The minimum Gasteiger partial charge on any atom is -0.384 e. The number of hydrogen-bond donors (Lipinski definition) is 0. The monoisotopic (exact) mass is 477 g/mol. The number of ketones is 3. The Morgan fingerprint density at radius 2 is 1.77 bits per heavy atom. The van der Waals surface area contributed by atoms with Gasteiger partial charge in [-0.2, -0.15) is 0 Å². The molecule has 0 heterocycles. The van der Waals surface area contributed by atoms with Gasteiger partial charge in [-0.05, 0) is 17.0 Å². The van der Waals surface area contributed by atoms with Crippen LogP contribution in [0.3, 0.4) is 0 Å². The normalized spacial score (nSPS) is 22.7. The van der Waals surface area contributed by atoms with Crippen molar-refractivity contribution in [2.45, 2.75) is 38.4 Å². The summed E-state index contributed by atoms with van der Waals surface area (Å²) in [4.78, 5) is 42.1. The summed E-state index contributed by atoms with van der Waals surface area (Å²) in [7, 11) is 1.52. The Bertz CT molecular complexity index is 1050. The maximum atomic E-state index is 13.6. The number of hydrogen-bond acceptors (Lipinski definition) is 6. The van der Waals surface area contributed by atoms with Gasteiger partial charge in [0.1, 0.15) is 17.7 Å². The number of Topliss-reactive ketones (excluding diaryl/α,β-unsaturated/α-hetero) is 3. The van der Waals surface area contributed by atoms with Gasteiger partial charge in [0.25, 0.3) is 0 Å². The fraction of sp³-hybridized carbons (Fsp3) is 0.444. The molecule has 2 aromatic rings. The van der Waals surface area contributed by atoms with E-state index in [1.807, 2.05) is 43.3 Å². The highest BCUT2D eigenvalue weighted by Crippen LogP contribution is 2.40. The van der Waals surface area contributed by atoms with E-state index in [-0.39, 0.29) is 55.7 Å². The van der Waals surface area contributed by atoms with Crippen molar-refractivity contribution >= 4 is 17.3 Å². The van der Waals surface area contributed by atoms with Crippen LogP contribution in [0.4, 0.5) is 0 Å². The minimum atomic E-state index is -0.907. The Labute approximate surface area is 205 Å². The zero-order valence-electron chi connectivity index (χ0n) is 20.1. The first kappa shape index (κ1) is 26.3. The van der Waals surface area contributed by atoms with Crippen molar-refractivity contribution in [3.8, 4) is 0 Å². The van der Waals surface area contributed by atoms with Crippen molar-refractivity contribution in [1.82, 2.24) is 0 Å². The van der Waals surface area contributed by atoms with E-state index in [2.05, 4.69) is 10.0 Å². The predicted molar refractivity (Wildman–Crippen MR) is 131 cm³/mol. The summed E-state index contributed by atoms with van der Waals surface area (Å²) in [5.41, 5.74) is 10.1. The quantitative estimate of drug-likeness (QED) is 0.181. The number of methoxy groups -OCH3 is 1. The largest absolute Gasteiger partial charge is 0.384 e. The lowest BCUT2D eigenvalue weighted by atomic mass is 9.69. The van der Waals surface area contributed by atoms with E-state index in [0.717, 1.165) is 0 Å². The fourth-order valence-electron chi connectivity index (χ4n) is 4.74. The van der Waals surface area contributed by atoms with Crippen LogP contribution in [-0.2, 0) is 19.1 Å². The van der Waals surface area contributed by atoms with Gasteiger partial charge in [0.15, 0.2) is 5.78 Å². The fourth-order valence-corrected chi connectivity index (χ4v) is 4.74. The minimum absolute atomic E-state index is 0.0488. The molecule has 5 atom stereocenters. The topological polar surface area (TPSA) is 118 Å². The van der Waals surface area contributed by atoms with Crippen LogP contribution in [0.2, 0.25) is 0 Å². The lowest BCUT2D eigenvalue weighted by molar-refractivity contribution is -0.144. The summed E-state index contributed by atoms with van der Waals surface area (Å²) >= 11 is 0. The van der Waals surface area contributed by atoms with Gasteiger partial charge >= 0.3 is 0 Å². The highest BCUT2D eigenvalue weighted by Gasteiger charge is 2.45. The molecule has 184 valence electrons. The molecule has 0 aromatic heterocycles. The van der Waals surface area contributed by atoms with Gasteiger partial charge in [-0.1, -0.05) is 72.7 Å².